The zero-order chi connectivity index (χ0) is 61.5. The standard InChI is InChI=1S/C37H60N7O6P.C14H25ClO.C9H14N5O4P.H3N/c1-4-6-8-10-20-48-34(45)36(27-12-13-27,28-14-15-28)42-51(47,25-50-26(3)22-44-24-41-31-32(38)39-23-40-33(31)44)43-37(29-16-17-29,30-18-19-30)35(46)49-21-11-9-7-5-2;1-2-3-4-5-10-16-11-14(15,12-6-7-12)13-8-9-13;1-6(18-5-19(15,16)17)2-14-4-13-7-8(10)11-3-12-9(7)14;/h23-24,26-30H,4-22,25H2,1-3H3,(H2,38,39,40)(H2,42,43,47);12-13H,2-11H2,1H3;3-4,6H,2,5H2,1H3,(H2,10,11,12)(H2,15,16,17);1H3/t26-;;6-;/m1.1./s1. The van der Waals surface area contributed by atoms with Crippen molar-refractivity contribution in [1.82, 2.24) is 55.4 Å². The van der Waals surface area contributed by atoms with E-state index in [1.807, 2.05) is 11.5 Å². The van der Waals surface area contributed by atoms with E-state index in [0.29, 0.717) is 54.4 Å². The Morgan fingerprint density at radius 1 is 0.586 bits per heavy atom. The summed E-state index contributed by atoms with van der Waals surface area (Å²) in [5.74, 6) is 1.55. The predicted molar refractivity (Wildman–Crippen MR) is 337 cm³/mol. The number of unbranched alkanes of at least 4 members (excludes halogenated alkanes) is 9. The molecule has 6 fully saturated rings. The highest BCUT2D eigenvalue weighted by Gasteiger charge is 2.66. The molecule has 0 saturated heterocycles. The number of anilines is 2. The molecule has 6 aliphatic carbocycles. The number of ether oxygens (including phenoxy) is 5. The van der Waals surface area contributed by atoms with Crippen LogP contribution >= 0.6 is 26.6 Å². The molecule has 4 aromatic rings. The van der Waals surface area contributed by atoms with Gasteiger partial charge in [0.05, 0.1) is 62.6 Å². The van der Waals surface area contributed by atoms with Gasteiger partial charge in [0.2, 0.25) is 7.44 Å². The van der Waals surface area contributed by atoms with Gasteiger partial charge >= 0.3 is 19.5 Å². The fourth-order valence-corrected chi connectivity index (χ4v) is 15.7. The number of esters is 2. The first kappa shape index (κ1) is 70.5. The Labute approximate surface area is 519 Å². The summed E-state index contributed by atoms with van der Waals surface area (Å²) in [6.07, 6.45) is 29.6. The third-order valence-electron chi connectivity index (χ3n) is 17.6. The fourth-order valence-electron chi connectivity index (χ4n) is 12.0. The minimum atomic E-state index is -4.16. The van der Waals surface area contributed by atoms with E-state index in [4.69, 9.17) is 56.5 Å². The Morgan fingerprint density at radius 2 is 0.954 bits per heavy atom. The Balaban J connectivity index is 0.000000243. The molecule has 0 aliphatic heterocycles. The summed E-state index contributed by atoms with van der Waals surface area (Å²) < 4.78 is 59.4. The van der Waals surface area contributed by atoms with Crippen LogP contribution in [0.25, 0.3) is 22.3 Å². The number of nitrogens with zero attached hydrogens (tertiary/aromatic N) is 8. The molecule has 0 bridgehead atoms. The van der Waals surface area contributed by atoms with E-state index >= 15 is 4.57 Å². The number of alkyl halides is 1. The lowest BCUT2D eigenvalue weighted by Gasteiger charge is -2.42. The normalized spacial score (nSPS) is 18.1. The number of aromatic nitrogens is 8. The third kappa shape index (κ3) is 19.8. The Hall–Kier alpha value is -3.93. The lowest BCUT2D eigenvalue weighted by molar-refractivity contribution is -0.153. The summed E-state index contributed by atoms with van der Waals surface area (Å²) in [6, 6.07) is 0. The lowest BCUT2D eigenvalue weighted by atomic mass is 9.88. The van der Waals surface area contributed by atoms with Crippen LogP contribution in [0.4, 0.5) is 11.6 Å². The molecule has 0 amide bonds. The minimum Gasteiger partial charge on any atom is -0.464 e. The van der Waals surface area contributed by atoms with Crippen molar-refractivity contribution in [3.8, 4) is 0 Å². The topological polar surface area (TPSA) is 353 Å². The average molecular weight is 1280 g/mol. The number of nitrogens with two attached hydrogens (primary N) is 2. The quantitative estimate of drug-likeness (QED) is 0.00944. The molecule has 0 spiro atoms. The maximum atomic E-state index is 15.8. The molecule has 87 heavy (non-hydrogen) atoms. The first-order valence-corrected chi connectivity index (χ1v) is 36.3. The van der Waals surface area contributed by atoms with Crippen molar-refractivity contribution in [2.75, 3.05) is 50.6 Å². The SMILES string of the molecule is CCCCCCOC(=O)C(NP(=O)(CO[C@H](C)Cn1cnc2c(N)ncnc21)NC(C(=O)OCCCCCC)(C1CC1)C1CC1)(C1CC1)C1CC1.CCCCCCOCC(Cl)(C1CC1)C1CC1.C[C@H](Cn1cnc2c(N)ncnc21)OCP(=O)(O)O.N. The second kappa shape index (κ2) is 32.4. The smallest absolute Gasteiger partial charge is 0.350 e. The number of nitrogens with one attached hydrogen (secondary N) is 2. The zero-order valence-electron chi connectivity index (χ0n) is 52.3. The van der Waals surface area contributed by atoms with Gasteiger partial charge in [0.25, 0.3) is 0 Å². The molecule has 0 unspecified atom stereocenters. The van der Waals surface area contributed by atoms with Gasteiger partial charge in [-0.3, -0.25) is 18.7 Å². The van der Waals surface area contributed by atoms with Gasteiger partial charge in [-0.05, 0) is 146 Å². The maximum absolute atomic E-state index is 15.8. The lowest BCUT2D eigenvalue weighted by Crippen LogP contribution is -2.62. The molecule has 27 heteroatoms. The van der Waals surface area contributed by atoms with E-state index < -0.39 is 44.7 Å². The van der Waals surface area contributed by atoms with E-state index in [1.54, 1.807) is 17.8 Å². The highest BCUT2D eigenvalue weighted by Crippen LogP contribution is 2.61. The van der Waals surface area contributed by atoms with Crippen molar-refractivity contribution in [3.63, 3.8) is 0 Å². The first-order chi connectivity index (χ1) is 41.3. The molecular formula is C60H102ClN13O11P2. The predicted octanol–water partition coefficient (Wildman–Crippen LogP) is 11.0. The van der Waals surface area contributed by atoms with Crippen LogP contribution in [-0.4, -0.2) is 128 Å². The number of hydrogen-bond donors (Lipinski definition) is 7. The molecule has 2 atom stereocenters. The van der Waals surface area contributed by atoms with Crippen LogP contribution in [0.2, 0.25) is 0 Å². The first-order valence-electron chi connectivity index (χ1n) is 32.2. The van der Waals surface area contributed by atoms with Gasteiger partial charge in [0.15, 0.2) is 22.9 Å². The van der Waals surface area contributed by atoms with Crippen molar-refractivity contribution in [2.24, 2.45) is 35.5 Å². The maximum Gasteiger partial charge on any atom is 0.350 e. The zero-order valence-corrected chi connectivity index (χ0v) is 54.9. The average Bonchev–Trinajstić information content (AvgIpc) is 1.58. The number of halogens is 1. The van der Waals surface area contributed by atoms with Crippen molar-refractivity contribution in [2.45, 2.75) is 230 Å². The molecule has 6 saturated carbocycles. The number of fused-ring (bicyclic) bond motifs is 2. The van der Waals surface area contributed by atoms with Gasteiger partial charge in [-0.1, -0.05) is 78.6 Å². The minimum absolute atomic E-state index is 0. The van der Waals surface area contributed by atoms with Crippen LogP contribution in [0, 0.1) is 35.5 Å². The molecule has 11 N–H and O–H groups in total. The van der Waals surface area contributed by atoms with E-state index in [2.05, 4.69) is 60.8 Å². The molecule has 490 valence electrons. The molecule has 4 heterocycles. The van der Waals surface area contributed by atoms with Crippen molar-refractivity contribution in [1.29, 1.82) is 0 Å². The number of imidazole rings is 2. The van der Waals surface area contributed by atoms with Crippen LogP contribution in [0.3, 0.4) is 0 Å². The summed E-state index contributed by atoms with van der Waals surface area (Å²) in [6.45, 7) is 13.3. The molecule has 0 aromatic carbocycles. The van der Waals surface area contributed by atoms with Crippen molar-refractivity contribution in [3.05, 3.63) is 25.3 Å². The third-order valence-corrected chi connectivity index (χ3v) is 20.8. The van der Waals surface area contributed by atoms with Gasteiger partial charge in [-0.2, -0.15) is 0 Å². The molecular weight excluding hydrogens is 1180 g/mol. The largest absolute Gasteiger partial charge is 0.464 e. The Kier molecular flexibility index (Phi) is 26.2. The van der Waals surface area contributed by atoms with Gasteiger partial charge < -0.3 is 60.2 Å². The van der Waals surface area contributed by atoms with Crippen LogP contribution in [0.5, 0.6) is 0 Å². The molecule has 10 rings (SSSR count). The van der Waals surface area contributed by atoms with Crippen molar-refractivity contribution >= 4 is 72.5 Å². The van der Waals surface area contributed by atoms with Crippen LogP contribution in [0.1, 0.15) is 189 Å². The Bertz CT molecular complexity index is 2790. The number of carbonyl (C=O) groups excluding carboxylic acids is 2. The van der Waals surface area contributed by atoms with E-state index in [-0.39, 0.29) is 58.8 Å². The Morgan fingerprint density at radius 3 is 1.31 bits per heavy atom. The van der Waals surface area contributed by atoms with Crippen molar-refractivity contribution < 1.29 is 52.2 Å². The summed E-state index contributed by atoms with van der Waals surface area (Å²) in [5.41, 5.74) is 11.6. The van der Waals surface area contributed by atoms with Gasteiger partial charge in [-0.15, -0.1) is 11.6 Å². The summed E-state index contributed by atoms with van der Waals surface area (Å²) in [4.78, 5) is 70.7. The highest BCUT2D eigenvalue weighted by atomic mass is 35.5. The highest BCUT2D eigenvalue weighted by molar-refractivity contribution is 7.59. The van der Waals surface area contributed by atoms with Gasteiger partial charge in [0.1, 0.15) is 47.5 Å². The molecule has 4 aromatic heterocycles. The number of rotatable bonds is 39. The molecule has 0 radical (unpaired) electrons. The summed E-state index contributed by atoms with van der Waals surface area (Å²) in [7, 11) is -7.98. The van der Waals surface area contributed by atoms with Crippen LogP contribution < -0.4 is 27.8 Å². The van der Waals surface area contributed by atoms with E-state index in [1.165, 1.54) is 70.3 Å². The van der Waals surface area contributed by atoms with Crippen LogP contribution in [0.15, 0.2) is 25.3 Å². The van der Waals surface area contributed by atoms with Crippen LogP contribution in [-0.2, 0) is 55.5 Å². The summed E-state index contributed by atoms with van der Waals surface area (Å²) >= 11 is 6.75. The fraction of sp³-hybridized carbons (Fsp3) is 0.800. The summed E-state index contributed by atoms with van der Waals surface area (Å²) in [5, 5.41) is 7.02. The number of carbonyl (C=O) groups is 2. The number of hydrogen-bond acceptors (Lipinski definition) is 18. The van der Waals surface area contributed by atoms with Gasteiger partial charge in [0, 0.05) is 6.61 Å². The van der Waals surface area contributed by atoms with E-state index in [9.17, 15) is 14.2 Å². The monoisotopic (exact) mass is 1280 g/mol. The molecule has 6 aliphatic rings. The number of nitrogen functional groups attached to an aromatic ring is 2. The van der Waals surface area contributed by atoms with E-state index in [0.717, 1.165) is 128 Å². The second-order valence-electron chi connectivity index (χ2n) is 25.3. The van der Waals surface area contributed by atoms with Gasteiger partial charge in [-0.25, -0.2) is 40.1 Å². The second-order valence-corrected chi connectivity index (χ2v) is 29.8. The molecule has 24 nitrogen and oxygen atoms in total.